The quantitative estimate of drug-likeness (QED) is 0.661. The van der Waals surface area contributed by atoms with Gasteiger partial charge in [-0.15, -0.1) is 5.10 Å². The van der Waals surface area contributed by atoms with Crippen LogP contribution in [0.15, 0.2) is 6.20 Å². The Hall–Kier alpha value is -1.39. The molecule has 0 aromatic carbocycles. The number of amides is 1. The normalized spacial score (nSPS) is 9.83. The Morgan fingerprint density at radius 3 is 3.00 bits per heavy atom. The number of hydrogen-bond donors (Lipinski definition) is 1. The van der Waals surface area contributed by atoms with E-state index in [1.807, 2.05) is 6.20 Å². The molecule has 0 radical (unpaired) electrons. The molecule has 12 heavy (non-hydrogen) atoms. The minimum atomic E-state index is 0.0284. The lowest BCUT2D eigenvalue weighted by Crippen LogP contribution is -2.17. The van der Waals surface area contributed by atoms with Gasteiger partial charge in [-0.25, -0.2) is 0 Å². The predicted molar refractivity (Wildman–Crippen MR) is 43.4 cm³/mol. The third kappa shape index (κ3) is 2.34. The van der Waals surface area contributed by atoms with Crippen molar-refractivity contribution >= 4 is 5.91 Å². The average molecular weight is 168 g/mol. The lowest BCUT2D eigenvalue weighted by molar-refractivity contribution is -0.120. The minimum Gasteiger partial charge on any atom is -0.359 e. The van der Waals surface area contributed by atoms with Crippen molar-refractivity contribution in [3.05, 3.63) is 11.9 Å². The zero-order valence-corrected chi connectivity index (χ0v) is 7.24. The van der Waals surface area contributed by atoms with Gasteiger partial charge in [0.1, 0.15) is 0 Å². The molecule has 1 heterocycles. The molecule has 0 aliphatic carbocycles. The minimum absolute atomic E-state index is 0.0284. The van der Waals surface area contributed by atoms with E-state index in [1.54, 1.807) is 18.8 Å². The Kier molecular flexibility index (Phi) is 2.79. The maximum atomic E-state index is 10.8. The van der Waals surface area contributed by atoms with Gasteiger partial charge in [0.15, 0.2) is 0 Å². The first-order valence-electron chi connectivity index (χ1n) is 3.78. The van der Waals surface area contributed by atoms with Crippen molar-refractivity contribution in [2.24, 2.45) is 7.05 Å². The van der Waals surface area contributed by atoms with Crippen LogP contribution in [0.3, 0.4) is 0 Å². The van der Waals surface area contributed by atoms with E-state index in [0.29, 0.717) is 12.8 Å². The molecule has 0 saturated heterocycles. The van der Waals surface area contributed by atoms with Crippen molar-refractivity contribution in [3.63, 3.8) is 0 Å². The van der Waals surface area contributed by atoms with Gasteiger partial charge in [0.2, 0.25) is 5.91 Å². The van der Waals surface area contributed by atoms with Crippen molar-refractivity contribution in [2.45, 2.75) is 12.8 Å². The summed E-state index contributed by atoms with van der Waals surface area (Å²) in [4.78, 5) is 10.8. The predicted octanol–water partition coefficient (Wildman–Crippen LogP) is -0.506. The highest BCUT2D eigenvalue weighted by molar-refractivity contribution is 5.75. The summed E-state index contributed by atoms with van der Waals surface area (Å²) in [6.45, 7) is 0. The van der Waals surface area contributed by atoms with Crippen molar-refractivity contribution < 1.29 is 4.79 Å². The number of aryl methyl sites for hydroxylation is 2. The first-order valence-corrected chi connectivity index (χ1v) is 3.78. The van der Waals surface area contributed by atoms with Crippen LogP contribution in [-0.4, -0.2) is 27.9 Å². The fourth-order valence-electron chi connectivity index (χ4n) is 0.876. The summed E-state index contributed by atoms with van der Waals surface area (Å²) < 4.78 is 1.62. The lowest BCUT2D eigenvalue weighted by Gasteiger charge is -1.94. The number of carbonyl (C=O) groups is 1. The Balaban J connectivity index is 2.38. The van der Waals surface area contributed by atoms with Crippen LogP contribution in [0.5, 0.6) is 0 Å². The summed E-state index contributed by atoms with van der Waals surface area (Å²) in [6.07, 6.45) is 2.92. The number of hydrogen-bond acceptors (Lipinski definition) is 3. The van der Waals surface area contributed by atoms with Crippen LogP contribution in [0.1, 0.15) is 12.1 Å². The van der Waals surface area contributed by atoms with Gasteiger partial charge in [-0.3, -0.25) is 9.48 Å². The van der Waals surface area contributed by atoms with Gasteiger partial charge in [-0.05, 0) is 0 Å². The SMILES string of the molecule is CNC(=O)CCc1cn(C)nn1. The van der Waals surface area contributed by atoms with Crippen molar-refractivity contribution in [2.75, 3.05) is 7.05 Å². The summed E-state index contributed by atoms with van der Waals surface area (Å²) in [5.74, 6) is 0.0284. The van der Waals surface area contributed by atoms with Crippen LogP contribution >= 0.6 is 0 Å². The molecule has 0 aliphatic heterocycles. The molecule has 5 heteroatoms. The third-order valence-electron chi connectivity index (χ3n) is 1.54. The molecule has 66 valence electrons. The van der Waals surface area contributed by atoms with Gasteiger partial charge in [-0.2, -0.15) is 0 Å². The van der Waals surface area contributed by atoms with Gasteiger partial charge >= 0.3 is 0 Å². The number of nitrogens with zero attached hydrogens (tertiary/aromatic N) is 3. The van der Waals surface area contributed by atoms with Crippen molar-refractivity contribution in [1.82, 2.24) is 20.3 Å². The van der Waals surface area contributed by atoms with Crippen LogP contribution in [0.4, 0.5) is 0 Å². The van der Waals surface area contributed by atoms with Crippen LogP contribution in [0.25, 0.3) is 0 Å². The maximum Gasteiger partial charge on any atom is 0.220 e. The van der Waals surface area contributed by atoms with E-state index >= 15 is 0 Å². The number of rotatable bonds is 3. The Labute approximate surface area is 70.8 Å². The first kappa shape index (κ1) is 8.70. The highest BCUT2D eigenvalue weighted by Crippen LogP contribution is 1.96. The summed E-state index contributed by atoms with van der Waals surface area (Å²) in [7, 11) is 3.43. The Bertz CT molecular complexity index is 268. The zero-order chi connectivity index (χ0) is 8.97. The van der Waals surface area contributed by atoms with E-state index in [1.165, 1.54) is 0 Å². The molecular formula is C7H12N4O. The molecule has 0 bridgehead atoms. The second-order valence-corrected chi connectivity index (χ2v) is 2.56. The number of nitrogens with one attached hydrogen (secondary N) is 1. The molecule has 0 aliphatic rings. The standard InChI is InChI=1S/C7H12N4O/c1-8-7(12)4-3-6-5-11(2)10-9-6/h5H,3-4H2,1-2H3,(H,8,12). The summed E-state index contributed by atoms with van der Waals surface area (Å²) in [6, 6.07) is 0. The van der Waals surface area contributed by atoms with Crippen LogP contribution < -0.4 is 5.32 Å². The summed E-state index contributed by atoms with van der Waals surface area (Å²) in [5.41, 5.74) is 0.848. The molecule has 1 aromatic rings. The number of carbonyl (C=O) groups excluding carboxylic acids is 1. The third-order valence-corrected chi connectivity index (χ3v) is 1.54. The molecule has 0 unspecified atom stereocenters. The molecule has 0 spiro atoms. The second kappa shape index (κ2) is 3.85. The van der Waals surface area contributed by atoms with Gasteiger partial charge in [0.05, 0.1) is 5.69 Å². The monoisotopic (exact) mass is 168 g/mol. The topological polar surface area (TPSA) is 59.8 Å². The number of aromatic nitrogens is 3. The van der Waals surface area contributed by atoms with Gasteiger partial charge in [0, 0.05) is 33.1 Å². The largest absolute Gasteiger partial charge is 0.359 e. The molecule has 1 aromatic heterocycles. The molecule has 0 fully saturated rings. The van der Waals surface area contributed by atoms with Crippen LogP contribution in [-0.2, 0) is 18.3 Å². The molecule has 0 saturated carbocycles. The van der Waals surface area contributed by atoms with E-state index in [-0.39, 0.29) is 5.91 Å². The molecule has 5 nitrogen and oxygen atoms in total. The van der Waals surface area contributed by atoms with E-state index < -0.39 is 0 Å². The van der Waals surface area contributed by atoms with Crippen LogP contribution in [0.2, 0.25) is 0 Å². The molecule has 1 amide bonds. The summed E-state index contributed by atoms with van der Waals surface area (Å²) >= 11 is 0. The lowest BCUT2D eigenvalue weighted by atomic mass is 10.2. The van der Waals surface area contributed by atoms with Gasteiger partial charge in [-0.1, -0.05) is 5.21 Å². The Morgan fingerprint density at radius 2 is 2.50 bits per heavy atom. The second-order valence-electron chi connectivity index (χ2n) is 2.56. The zero-order valence-electron chi connectivity index (χ0n) is 7.24. The van der Waals surface area contributed by atoms with Gasteiger partial charge < -0.3 is 5.32 Å². The highest BCUT2D eigenvalue weighted by Gasteiger charge is 2.01. The smallest absolute Gasteiger partial charge is 0.220 e. The van der Waals surface area contributed by atoms with Crippen molar-refractivity contribution in [1.29, 1.82) is 0 Å². The summed E-state index contributed by atoms with van der Waals surface area (Å²) in [5, 5.41) is 10.2. The van der Waals surface area contributed by atoms with Crippen LogP contribution in [0, 0.1) is 0 Å². The van der Waals surface area contributed by atoms with E-state index in [9.17, 15) is 4.79 Å². The first-order chi connectivity index (χ1) is 5.72. The molecule has 0 atom stereocenters. The van der Waals surface area contributed by atoms with E-state index in [2.05, 4.69) is 15.6 Å². The van der Waals surface area contributed by atoms with Gasteiger partial charge in [0.25, 0.3) is 0 Å². The molecule has 1 N–H and O–H groups in total. The fourth-order valence-corrected chi connectivity index (χ4v) is 0.876. The maximum absolute atomic E-state index is 10.8. The Morgan fingerprint density at radius 1 is 1.75 bits per heavy atom. The average Bonchev–Trinajstić information content (AvgIpc) is 2.47. The van der Waals surface area contributed by atoms with E-state index in [0.717, 1.165) is 5.69 Å². The molecular weight excluding hydrogens is 156 g/mol. The van der Waals surface area contributed by atoms with E-state index in [4.69, 9.17) is 0 Å². The van der Waals surface area contributed by atoms with Crippen molar-refractivity contribution in [3.8, 4) is 0 Å². The molecule has 1 rings (SSSR count). The fraction of sp³-hybridized carbons (Fsp3) is 0.571. The highest BCUT2D eigenvalue weighted by atomic mass is 16.1.